The van der Waals surface area contributed by atoms with Gasteiger partial charge in [-0.05, 0) is 23.8 Å². The molecule has 5 nitrogen and oxygen atoms in total. The fraction of sp³-hybridized carbons (Fsp3) is 0.133. The number of sulfonamides is 1. The fourth-order valence-corrected chi connectivity index (χ4v) is 2.92. The Morgan fingerprint density at radius 3 is 2.29 bits per heavy atom. The standard InChI is InChI=1S/C15H16N2O3S/c1-12(18)16-11-13-7-5-6-10-15(13)17-21(19,20)14-8-3-2-4-9-14/h2-10,17H,11H2,1H3,(H,16,18). The van der Waals surface area contributed by atoms with E-state index in [4.69, 9.17) is 0 Å². The van der Waals surface area contributed by atoms with Crippen LogP contribution in [-0.4, -0.2) is 14.3 Å². The molecule has 21 heavy (non-hydrogen) atoms. The van der Waals surface area contributed by atoms with Crippen molar-refractivity contribution in [3.8, 4) is 0 Å². The highest BCUT2D eigenvalue weighted by Gasteiger charge is 2.15. The third-order valence-corrected chi connectivity index (χ3v) is 4.22. The quantitative estimate of drug-likeness (QED) is 0.888. The van der Waals surface area contributed by atoms with Crippen molar-refractivity contribution >= 4 is 21.6 Å². The van der Waals surface area contributed by atoms with Crippen LogP contribution < -0.4 is 10.0 Å². The first-order valence-corrected chi connectivity index (χ1v) is 7.87. The van der Waals surface area contributed by atoms with Crippen LogP contribution in [0.15, 0.2) is 59.5 Å². The van der Waals surface area contributed by atoms with E-state index in [1.807, 2.05) is 0 Å². The van der Waals surface area contributed by atoms with Crippen molar-refractivity contribution in [2.24, 2.45) is 0 Å². The van der Waals surface area contributed by atoms with E-state index >= 15 is 0 Å². The number of carbonyl (C=O) groups excluding carboxylic acids is 1. The Hall–Kier alpha value is -2.34. The fourth-order valence-electron chi connectivity index (χ4n) is 1.80. The molecule has 1 amide bonds. The van der Waals surface area contributed by atoms with Crippen molar-refractivity contribution < 1.29 is 13.2 Å². The highest BCUT2D eigenvalue weighted by atomic mass is 32.2. The van der Waals surface area contributed by atoms with Crippen molar-refractivity contribution in [1.82, 2.24) is 5.32 Å². The molecule has 0 unspecified atom stereocenters. The molecule has 0 radical (unpaired) electrons. The Bertz CT molecular complexity index is 728. The number of benzene rings is 2. The van der Waals surface area contributed by atoms with Gasteiger partial charge in [-0.1, -0.05) is 36.4 Å². The van der Waals surface area contributed by atoms with Gasteiger partial charge in [-0.25, -0.2) is 8.42 Å². The molecule has 2 aromatic carbocycles. The maximum atomic E-state index is 12.3. The number of anilines is 1. The van der Waals surface area contributed by atoms with Gasteiger partial charge < -0.3 is 5.32 Å². The average Bonchev–Trinajstić information content (AvgIpc) is 2.47. The molecule has 110 valence electrons. The maximum Gasteiger partial charge on any atom is 0.261 e. The molecule has 0 bridgehead atoms. The zero-order valence-electron chi connectivity index (χ0n) is 11.5. The summed E-state index contributed by atoms with van der Waals surface area (Å²) in [5, 5.41) is 2.65. The highest BCUT2D eigenvalue weighted by molar-refractivity contribution is 7.92. The predicted molar refractivity (Wildman–Crippen MR) is 81.2 cm³/mol. The van der Waals surface area contributed by atoms with Crippen LogP contribution in [0.2, 0.25) is 0 Å². The topological polar surface area (TPSA) is 75.3 Å². The van der Waals surface area contributed by atoms with Crippen LogP contribution >= 0.6 is 0 Å². The molecular formula is C15H16N2O3S. The molecule has 2 N–H and O–H groups in total. The summed E-state index contributed by atoms with van der Waals surface area (Å²) in [5.41, 5.74) is 1.15. The number of nitrogens with one attached hydrogen (secondary N) is 2. The van der Waals surface area contributed by atoms with Gasteiger partial charge in [0.25, 0.3) is 10.0 Å². The van der Waals surface area contributed by atoms with Crippen molar-refractivity contribution in [1.29, 1.82) is 0 Å². The Labute approximate surface area is 124 Å². The Morgan fingerprint density at radius 2 is 1.62 bits per heavy atom. The van der Waals surface area contributed by atoms with E-state index in [9.17, 15) is 13.2 Å². The van der Waals surface area contributed by atoms with Gasteiger partial charge in [0.2, 0.25) is 5.91 Å². The van der Waals surface area contributed by atoms with E-state index in [0.29, 0.717) is 11.3 Å². The molecule has 0 aromatic heterocycles. The van der Waals surface area contributed by atoms with Crippen LogP contribution in [0.25, 0.3) is 0 Å². The number of hydrogen-bond donors (Lipinski definition) is 2. The molecule has 2 aromatic rings. The molecule has 0 saturated carbocycles. The molecular weight excluding hydrogens is 288 g/mol. The second kappa shape index (κ2) is 6.41. The lowest BCUT2D eigenvalue weighted by molar-refractivity contribution is -0.119. The largest absolute Gasteiger partial charge is 0.352 e. The molecule has 0 atom stereocenters. The summed E-state index contributed by atoms with van der Waals surface area (Å²) in [5.74, 6) is -0.171. The lowest BCUT2D eigenvalue weighted by atomic mass is 10.2. The summed E-state index contributed by atoms with van der Waals surface area (Å²) in [6.45, 7) is 1.68. The normalized spacial score (nSPS) is 10.9. The minimum Gasteiger partial charge on any atom is -0.352 e. The monoisotopic (exact) mass is 304 g/mol. The van der Waals surface area contributed by atoms with E-state index in [0.717, 1.165) is 0 Å². The Kier molecular flexibility index (Phi) is 4.59. The van der Waals surface area contributed by atoms with Crippen LogP contribution in [0.3, 0.4) is 0 Å². The van der Waals surface area contributed by atoms with Gasteiger partial charge >= 0.3 is 0 Å². The third-order valence-electron chi connectivity index (χ3n) is 2.84. The maximum absolute atomic E-state index is 12.3. The van der Waals surface area contributed by atoms with E-state index < -0.39 is 10.0 Å². The van der Waals surface area contributed by atoms with Crippen molar-refractivity contribution in [3.05, 3.63) is 60.2 Å². The van der Waals surface area contributed by atoms with E-state index in [-0.39, 0.29) is 17.3 Å². The second-order valence-electron chi connectivity index (χ2n) is 4.49. The number of carbonyl (C=O) groups is 1. The summed E-state index contributed by atoms with van der Waals surface area (Å²) in [4.78, 5) is 11.2. The van der Waals surface area contributed by atoms with Gasteiger partial charge in [0.15, 0.2) is 0 Å². The second-order valence-corrected chi connectivity index (χ2v) is 6.17. The van der Waals surface area contributed by atoms with Crippen LogP contribution in [0.1, 0.15) is 12.5 Å². The summed E-state index contributed by atoms with van der Waals surface area (Å²) >= 11 is 0. The Morgan fingerprint density at radius 1 is 1.00 bits per heavy atom. The molecule has 0 heterocycles. The van der Waals surface area contributed by atoms with Gasteiger partial charge in [-0.3, -0.25) is 9.52 Å². The van der Waals surface area contributed by atoms with E-state index in [1.165, 1.54) is 19.1 Å². The molecule has 6 heteroatoms. The Balaban J connectivity index is 2.25. The van der Waals surface area contributed by atoms with Crippen LogP contribution in [-0.2, 0) is 21.4 Å². The third kappa shape index (κ3) is 4.06. The SMILES string of the molecule is CC(=O)NCc1ccccc1NS(=O)(=O)c1ccccc1. The first-order valence-electron chi connectivity index (χ1n) is 6.39. The average molecular weight is 304 g/mol. The first kappa shape index (κ1) is 15.1. The molecule has 2 rings (SSSR count). The zero-order valence-corrected chi connectivity index (χ0v) is 12.4. The first-order chi connectivity index (χ1) is 9.99. The molecule has 0 spiro atoms. The van der Waals surface area contributed by atoms with Gasteiger partial charge in [-0.15, -0.1) is 0 Å². The molecule has 0 aliphatic rings. The summed E-state index contributed by atoms with van der Waals surface area (Å²) in [7, 11) is -3.64. The predicted octanol–water partition coefficient (Wildman–Crippen LogP) is 2.12. The lowest BCUT2D eigenvalue weighted by Crippen LogP contribution is -2.21. The molecule has 0 saturated heterocycles. The van der Waals surface area contributed by atoms with Gasteiger partial charge in [0.05, 0.1) is 10.6 Å². The number of rotatable bonds is 5. The summed E-state index contributed by atoms with van der Waals surface area (Å²) in [6.07, 6.45) is 0. The van der Waals surface area contributed by atoms with Crippen molar-refractivity contribution in [2.45, 2.75) is 18.4 Å². The highest BCUT2D eigenvalue weighted by Crippen LogP contribution is 2.19. The lowest BCUT2D eigenvalue weighted by Gasteiger charge is -2.12. The smallest absolute Gasteiger partial charge is 0.261 e. The molecule has 0 fully saturated rings. The summed E-state index contributed by atoms with van der Waals surface area (Å²) in [6, 6.07) is 15.1. The zero-order chi connectivity index (χ0) is 15.3. The van der Waals surface area contributed by atoms with Gasteiger partial charge in [0, 0.05) is 13.5 Å². The van der Waals surface area contributed by atoms with Gasteiger partial charge in [0.1, 0.15) is 0 Å². The van der Waals surface area contributed by atoms with Crippen molar-refractivity contribution in [3.63, 3.8) is 0 Å². The van der Waals surface area contributed by atoms with Gasteiger partial charge in [-0.2, -0.15) is 0 Å². The van der Waals surface area contributed by atoms with Crippen LogP contribution in [0.4, 0.5) is 5.69 Å². The summed E-state index contributed by atoms with van der Waals surface area (Å²) < 4.78 is 27.1. The number of hydrogen-bond acceptors (Lipinski definition) is 3. The van der Waals surface area contributed by atoms with Crippen molar-refractivity contribution in [2.75, 3.05) is 4.72 Å². The molecule has 0 aliphatic carbocycles. The molecule has 0 aliphatic heterocycles. The van der Waals surface area contributed by atoms with E-state index in [1.54, 1.807) is 42.5 Å². The number of amides is 1. The van der Waals surface area contributed by atoms with Crippen LogP contribution in [0, 0.1) is 0 Å². The van der Waals surface area contributed by atoms with E-state index in [2.05, 4.69) is 10.0 Å². The number of para-hydroxylation sites is 1. The minimum absolute atomic E-state index is 0.171. The minimum atomic E-state index is -3.64. The van der Waals surface area contributed by atoms with Crippen LogP contribution in [0.5, 0.6) is 0 Å².